The second-order valence-electron chi connectivity index (χ2n) is 3.69. The Morgan fingerprint density at radius 3 is 3.21 bits per heavy atom. The van der Waals surface area contributed by atoms with Gasteiger partial charge >= 0.3 is 0 Å². The highest BCUT2D eigenvalue weighted by atomic mass is 32.2. The van der Waals surface area contributed by atoms with Gasteiger partial charge in [-0.15, -0.1) is 0 Å². The van der Waals surface area contributed by atoms with Gasteiger partial charge in [-0.05, 0) is 25.2 Å². The SMILES string of the molecule is CSCCn1nccc1CNC1CC1. The summed E-state index contributed by atoms with van der Waals surface area (Å²) in [5.74, 6) is 1.14. The number of thioether (sulfide) groups is 1. The summed E-state index contributed by atoms with van der Waals surface area (Å²) in [6.45, 7) is 1.99. The maximum Gasteiger partial charge on any atom is 0.0522 e. The number of hydrogen-bond acceptors (Lipinski definition) is 3. The summed E-state index contributed by atoms with van der Waals surface area (Å²) in [4.78, 5) is 0. The third-order valence-electron chi connectivity index (χ3n) is 2.46. The normalized spacial score (nSPS) is 16.1. The Morgan fingerprint density at radius 2 is 2.50 bits per heavy atom. The fraction of sp³-hybridized carbons (Fsp3) is 0.700. The van der Waals surface area contributed by atoms with E-state index in [0.29, 0.717) is 0 Å². The van der Waals surface area contributed by atoms with E-state index in [0.717, 1.165) is 24.9 Å². The third kappa shape index (κ3) is 2.75. The molecule has 1 N–H and O–H groups in total. The molecular formula is C10H17N3S. The van der Waals surface area contributed by atoms with E-state index < -0.39 is 0 Å². The minimum absolute atomic E-state index is 0.777. The molecule has 1 saturated carbocycles. The first-order valence-corrected chi connectivity index (χ1v) is 6.52. The van der Waals surface area contributed by atoms with Gasteiger partial charge in [0, 0.05) is 24.5 Å². The molecule has 0 radical (unpaired) electrons. The number of nitrogens with one attached hydrogen (secondary N) is 1. The summed E-state index contributed by atoms with van der Waals surface area (Å²) in [6.07, 6.45) is 6.72. The minimum atomic E-state index is 0.777. The monoisotopic (exact) mass is 211 g/mol. The van der Waals surface area contributed by atoms with Crippen LogP contribution in [0.4, 0.5) is 0 Å². The number of rotatable bonds is 6. The van der Waals surface area contributed by atoms with Crippen LogP contribution >= 0.6 is 11.8 Å². The summed E-state index contributed by atoms with van der Waals surface area (Å²) < 4.78 is 2.10. The predicted octanol–water partition coefficient (Wildman–Crippen LogP) is 1.50. The van der Waals surface area contributed by atoms with Crippen LogP contribution in [-0.4, -0.2) is 27.8 Å². The van der Waals surface area contributed by atoms with Crippen LogP contribution in [-0.2, 0) is 13.1 Å². The van der Waals surface area contributed by atoms with Gasteiger partial charge in [0.2, 0.25) is 0 Å². The summed E-state index contributed by atoms with van der Waals surface area (Å²) >= 11 is 1.86. The number of aryl methyl sites for hydroxylation is 1. The maximum atomic E-state index is 4.32. The van der Waals surface area contributed by atoms with E-state index in [1.54, 1.807) is 0 Å². The molecule has 3 nitrogen and oxygen atoms in total. The Bertz CT molecular complexity index is 281. The van der Waals surface area contributed by atoms with Gasteiger partial charge in [-0.1, -0.05) is 0 Å². The molecule has 0 atom stereocenters. The molecule has 2 rings (SSSR count). The van der Waals surface area contributed by atoms with E-state index in [1.165, 1.54) is 18.5 Å². The molecule has 14 heavy (non-hydrogen) atoms. The van der Waals surface area contributed by atoms with Gasteiger partial charge < -0.3 is 5.32 Å². The molecule has 1 fully saturated rings. The zero-order valence-electron chi connectivity index (χ0n) is 8.57. The molecule has 78 valence electrons. The van der Waals surface area contributed by atoms with E-state index >= 15 is 0 Å². The van der Waals surface area contributed by atoms with Gasteiger partial charge in [-0.3, -0.25) is 4.68 Å². The second-order valence-corrected chi connectivity index (χ2v) is 4.68. The number of nitrogens with zero attached hydrogens (tertiary/aromatic N) is 2. The van der Waals surface area contributed by atoms with Crippen LogP contribution in [0, 0.1) is 0 Å². The smallest absolute Gasteiger partial charge is 0.0522 e. The lowest BCUT2D eigenvalue weighted by atomic mass is 10.4. The largest absolute Gasteiger partial charge is 0.308 e. The summed E-state index contributed by atoms with van der Waals surface area (Å²) in [6, 6.07) is 2.88. The summed E-state index contributed by atoms with van der Waals surface area (Å²) in [5, 5.41) is 7.82. The van der Waals surface area contributed by atoms with E-state index in [4.69, 9.17) is 0 Å². The first-order chi connectivity index (χ1) is 6.90. The Balaban J connectivity index is 1.83. The van der Waals surface area contributed by atoms with Crippen LogP contribution in [0.1, 0.15) is 18.5 Å². The molecule has 0 spiro atoms. The first kappa shape index (κ1) is 10.1. The van der Waals surface area contributed by atoms with Gasteiger partial charge in [0.1, 0.15) is 0 Å². The van der Waals surface area contributed by atoms with Crippen molar-refractivity contribution in [2.75, 3.05) is 12.0 Å². The second kappa shape index (κ2) is 4.84. The van der Waals surface area contributed by atoms with Crippen LogP contribution in [0.5, 0.6) is 0 Å². The lowest BCUT2D eigenvalue weighted by Crippen LogP contribution is -2.19. The summed E-state index contributed by atoms with van der Waals surface area (Å²) in [5.41, 5.74) is 1.31. The average molecular weight is 211 g/mol. The molecule has 1 heterocycles. The van der Waals surface area contributed by atoms with Crippen molar-refractivity contribution in [1.82, 2.24) is 15.1 Å². The van der Waals surface area contributed by atoms with Gasteiger partial charge in [0.15, 0.2) is 0 Å². The van der Waals surface area contributed by atoms with Crippen molar-refractivity contribution < 1.29 is 0 Å². The summed E-state index contributed by atoms with van der Waals surface area (Å²) in [7, 11) is 0. The van der Waals surface area contributed by atoms with Crippen molar-refractivity contribution in [3.05, 3.63) is 18.0 Å². The molecule has 1 aliphatic carbocycles. The zero-order valence-corrected chi connectivity index (χ0v) is 9.39. The highest BCUT2D eigenvalue weighted by Gasteiger charge is 2.20. The molecule has 1 aliphatic rings. The molecule has 1 aromatic heterocycles. The van der Waals surface area contributed by atoms with Gasteiger partial charge in [-0.25, -0.2) is 0 Å². The van der Waals surface area contributed by atoms with Crippen LogP contribution < -0.4 is 5.32 Å². The standard InChI is InChI=1S/C10H17N3S/c1-14-7-6-13-10(4-5-12-13)8-11-9-2-3-9/h4-5,9,11H,2-3,6-8H2,1H3. The van der Waals surface area contributed by atoms with E-state index in [1.807, 2.05) is 18.0 Å². The van der Waals surface area contributed by atoms with Gasteiger partial charge in [0.05, 0.1) is 12.2 Å². The number of aromatic nitrogens is 2. The third-order valence-corrected chi connectivity index (χ3v) is 3.05. The Labute approximate surface area is 89.3 Å². The van der Waals surface area contributed by atoms with Crippen molar-refractivity contribution in [2.24, 2.45) is 0 Å². The maximum absolute atomic E-state index is 4.32. The lowest BCUT2D eigenvalue weighted by Gasteiger charge is -2.07. The zero-order chi connectivity index (χ0) is 9.80. The van der Waals surface area contributed by atoms with Crippen LogP contribution in [0.3, 0.4) is 0 Å². The quantitative estimate of drug-likeness (QED) is 0.773. The van der Waals surface area contributed by atoms with Crippen molar-refractivity contribution in [1.29, 1.82) is 0 Å². The van der Waals surface area contributed by atoms with Crippen molar-refractivity contribution in [3.63, 3.8) is 0 Å². The van der Waals surface area contributed by atoms with Gasteiger partial charge in [-0.2, -0.15) is 16.9 Å². The fourth-order valence-electron chi connectivity index (χ4n) is 1.43. The highest BCUT2D eigenvalue weighted by molar-refractivity contribution is 7.98. The molecule has 0 aliphatic heterocycles. The minimum Gasteiger partial charge on any atom is -0.308 e. The molecule has 0 saturated heterocycles. The van der Waals surface area contributed by atoms with E-state index in [9.17, 15) is 0 Å². The van der Waals surface area contributed by atoms with Crippen molar-refractivity contribution in [3.8, 4) is 0 Å². The lowest BCUT2D eigenvalue weighted by molar-refractivity contribution is 0.583. The van der Waals surface area contributed by atoms with E-state index in [2.05, 4.69) is 27.4 Å². The average Bonchev–Trinajstić information content (AvgIpc) is 2.92. The van der Waals surface area contributed by atoms with E-state index in [-0.39, 0.29) is 0 Å². The topological polar surface area (TPSA) is 29.9 Å². The molecule has 0 bridgehead atoms. The molecular weight excluding hydrogens is 194 g/mol. The van der Waals surface area contributed by atoms with Crippen molar-refractivity contribution >= 4 is 11.8 Å². The molecule has 0 aromatic carbocycles. The van der Waals surface area contributed by atoms with Crippen LogP contribution in [0.15, 0.2) is 12.3 Å². The number of hydrogen-bond donors (Lipinski definition) is 1. The van der Waals surface area contributed by atoms with Crippen LogP contribution in [0.25, 0.3) is 0 Å². The molecule has 1 aromatic rings. The Kier molecular flexibility index (Phi) is 3.48. The predicted molar refractivity (Wildman–Crippen MR) is 60.5 cm³/mol. The van der Waals surface area contributed by atoms with Gasteiger partial charge in [0.25, 0.3) is 0 Å². The Hall–Kier alpha value is -0.480. The Morgan fingerprint density at radius 1 is 1.64 bits per heavy atom. The molecule has 4 heteroatoms. The highest BCUT2D eigenvalue weighted by Crippen LogP contribution is 2.19. The molecule has 0 amide bonds. The van der Waals surface area contributed by atoms with Crippen LogP contribution in [0.2, 0.25) is 0 Å². The first-order valence-electron chi connectivity index (χ1n) is 5.13. The van der Waals surface area contributed by atoms with Crippen molar-refractivity contribution in [2.45, 2.75) is 32.0 Å². The fourth-order valence-corrected chi connectivity index (χ4v) is 1.78. The molecule has 0 unspecified atom stereocenters.